The predicted octanol–water partition coefficient (Wildman–Crippen LogP) is 3.09. The molecule has 1 atom stereocenters. The van der Waals surface area contributed by atoms with E-state index in [1.165, 1.54) is 11.3 Å². The molecule has 0 radical (unpaired) electrons. The van der Waals surface area contributed by atoms with Crippen molar-refractivity contribution < 1.29 is 14.6 Å². The van der Waals surface area contributed by atoms with Gasteiger partial charge in [-0.3, -0.25) is 4.90 Å². The molecule has 0 spiro atoms. The molecule has 2 fully saturated rings. The number of phenolic OH excluding ortho intramolecular Hbond substituents is 1. The Balaban J connectivity index is 1.72. The summed E-state index contributed by atoms with van der Waals surface area (Å²) in [7, 11) is 0. The number of nitrogens with zero attached hydrogens (tertiary/aromatic N) is 1. The van der Waals surface area contributed by atoms with Crippen molar-refractivity contribution in [2.24, 2.45) is 5.73 Å². The van der Waals surface area contributed by atoms with E-state index in [-0.39, 0.29) is 11.7 Å². The van der Waals surface area contributed by atoms with Crippen LogP contribution < -0.4 is 11.5 Å². The first-order valence-electron chi connectivity index (χ1n) is 11.2. The van der Waals surface area contributed by atoms with Crippen LogP contribution in [0.4, 0.5) is 5.82 Å². The van der Waals surface area contributed by atoms with E-state index < -0.39 is 0 Å². The van der Waals surface area contributed by atoms with Crippen LogP contribution in [0.3, 0.4) is 0 Å². The molecular weight excluding hydrogens is 392 g/mol. The Morgan fingerprint density at radius 2 is 1.87 bits per heavy atom. The van der Waals surface area contributed by atoms with Crippen molar-refractivity contribution in [3.63, 3.8) is 0 Å². The van der Waals surface area contributed by atoms with E-state index in [4.69, 9.17) is 20.9 Å². The smallest absolute Gasteiger partial charge is 0.124 e. The third-order valence-electron chi connectivity index (χ3n) is 6.41. The van der Waals surface area contributed by atoms with Crippen LogP contribution in [0.2, 0.25) is 0 Å². The second kappa shape index (κ2) is 9.77. The zero-order valence-electron chi connectivity index (χ0n) is 18.3. The number of aromatic hydroxyl groups is 1. The van der Waals surface area contributed by atoms with Gasteiger partial charge in [0.15, 0.2) is 0 Å². The molecule has 0 amide bonds. The van der Waals surface area contributed by atoms with E-state index in [1.54, 1.807) is 12.1 Å². The van der Waals surface area contributed by atoms with Gasteiger partial charge >= 0.3 is 0 Å². The molecule has 7 heteroatoms. The first-order valence-corrected chi connectivity index (χ1v) is 11.2. The maximum atomic E-state index is 10.2. The molecule has 3 heterocycles. The number of hydrogen-bond donors (Lipinski definition) is 4. The summed E-state index contributed by atoms with van der Waals surface area (Å²) in [5.74, 6) is 1.46. The Kier molecular flexibility index (Phi) is 6.85. The minimum atomic E-state index is 0.165. The second-order valence-electron chi connectivity index (χ2n) is 8.60. The molecular formula is C24H34N4O3. The van der Waals surface area contributed by atoms with Gasteiger partial charge < -0.3 is 31.0 Å². The lowest BCUT2D eigenvalue weighted by atomic mass is 9.87. The van der Waals surface area contributed by atoms with Crippen molar-refractivity contribution in [3.05, 3.63) is 46.6 Å². The van der Waals surface area contributed by atoms with Gasteiger partial charge in [-0.2, -0.15) is 0 Å². The summed E-state index contributed by atoms with van der Waals surface area (Å²) in [6.45, 7) is 8.19. The van der Waals surface area contributed by atoms with Gasteiger partial charge in [0.05, 0.1) is 13.2 Å². The van der Waals surface area contributed by atoms with Gasteiger partial charge in [-0.15, -0.1) is 0 Å². The van der Waals surface area contributed by atoms with Crippen LogP contribution in [-0.2, 0) is 9.47 Å². The normalized spacial score (nSPS) is 20.1. The van der Waals surface area contributed by atoms with E-state index >= 15 is 0 Å². The minimum Gasteiger partial charge on any atom is -0.507 e. The van der Waals surface area contributed by atoms with Gasteiger partial charge in [0.2, 0.25) is 0 Å². The molecule has 1 unspecified atom stereocenters. The highest BCUT2D eigenvalue weighted by Crippen LogP contribution is 2.39. The monoisotopic (exact) mass is 426 g/mol. The number of anilines is 1. The first-order chi connectivity index (χ1) is 15.0. The first kappa shape index (κ1) is 21.7. The van der Waals surface area contributed by atoms with Gasteiger partial charge in [0.1, 0.15) is 11.6 Å². The Bertz CT molecular complexity index is 912. The van der Waals surface area contributed by atoms with E-state index in [9.17, 15) is 5.11 Å². The third kappa shape index (κ3) is 4.89. The Labute approximate surface area is 184 Å². The number of nitrogen functional groups attached to an aromatic ring is 1. The van der Waals surface area contributed by atoms with Gasteiger partial charge in [-0.25, -0.2) is 0 Å². The van der Waals surface area contributed by atoms with Crippen molar-refractivity contribution in [1.82, 2.24) is 9.88 Å². The largest absolute Gasteiger partial charge is 0.507 e. The second-order valence-corrected chi connectivity index (χ2v) is 8.60. The number of nitrogens with one attached hydrogen (secondary N) is 1. The summed E-state index contributed by atoms with van der Waals surface area (Å²) in [6.07, 6.45) is 3.87. The molecule has 0 bridgehead atoms. The maximum absolute atomic E-state index is 10.2. The number of benzene rings is 1. The van der Waals surface area contributed by atoms with Crippen LogP contribution in [0.5, 0.6) is 5.75 Å². The Hall–Kier alpha value is -2.48. The van der Waals surface area contributed by atoms with E-state index in [2.05, 4.69) is 16.8 Å². The fourth-order valence-corrected chi connectivity index (χ4v) is 4.78. The topological polar surface area (TPSA) is 110 Å². The standard InChI is InChI=1S/C24H34N4O3/c1-16(15-28-8-12-31-13-9-28)22-19(14-20(25)18-4-2-3-5-21(18)29)24(26)27-23(22)17-6-10-30-11-7-17/h2-5,14,16-17,27,29H,6-13,15,25-26H2,1H3/b20-14-. The van der Waals surface area contributed by atoms with Gasteiger partial charge in [0, 0.05) is 61.3 Å². The van der Waals surface area contributed by atoms with Gasteiger partial charge in [-0.1, -0.05) is 19.1 Å². The highest BCUT2D eigenvalue weighted by Gasteiger charge is 2.28. The van der Waals surface area contributed by atoms with E-state index in [0.29, 0.717) is 23.0 Å². The number of hydrogen-bond acceptors (Lipinski definition) is 6. The van der Waals surface area contributed by atoms with Crippen LogP contribution in [0.15, 0.2) is 24.3 Å². The fraction of sp³-hybridized carbons (Fsp3) is 0.500. The third-order valence-corrected chi connectivity index (χ3v) is 6.41. The van der Waals surface area contributed by atoms with Crippen molar-refractivity contribution in [2.45, 2.75) is 31.6 Å². The number of H-pyrrole nitrogens is 1. The number of para-hydroxylation sites is 1. The quantitative estimate of drug-likeness (QED) is 0.565. The zero-order valence-corrected chi connectivity index (χ0v) is 18.3. The lowest BCUT2D eigenvalue weighted by Crippen LogP contribution is -2.38. The molecule has 4 rings (SSSR count). The summed E-state index contributed by atoms with van der Waals surface area (Å²) in [6, 6.07) is 7.12. The number of phenols is 1. The SMILES string of the molecule is CC(CN1CCOCC1)c1c(C2CCOCC2)[nH]c(N)c1/C=C(\N)c1ccccc1O. The maximum Gasteiger partial charge on any atom is 0.124 e. The van der Waals surface area contributed by atoms with Crippen LogP contribution in [0.25, 0.3) is 11.8 Å². The molecule has 1 aromatic carbocycles. The average Bonchev–Trinajstić information content (AvgIpc) is 3.11. The van der Waals surface area contributed by atoms with Crippen LogP contribution in [0.1, 0.15) is 54.0 Å². The summed E-state index contributed by atoms with van der Waals surface area (Å²) in [4.78, 5) is 5.94. The molecule has 168 valence electrons. The molecule has 2 aliphatic heterocycles. The fourth-order valence-electron chi connectivity index (χ4n) is 4.78. The van der Waals surface area contributed by atoms with Crippen molar-refractivity contribution in [3.8, 4) is 5.75 Å². The minimum absolute atomic E-state index is 0.165. The van der Waals surface area contributed by atoms with Crippen molar-refractivity contribution >= 4 is 17.6 Å². The molecule has 0 saturated carbocycles. The summed E-state index contributed by atoms with van der Waals surface area (Å²) >= 11 is 0. The molecule has 2 aromatic rings. The van der Waals surface area contributed by atoms with E-state index in [1.807, 2.05) is 18.2 Å². The molecule has 2 aliphatic rings. The highest BCUT2D eigenvalue weighted by atomic mass is 16.5. The lowest BCUT2D eigenvalue weighted by Gasteiger charge is -2.30. The van der Waals surface area contributed by atoms with Crippen molar-refractivity contribution in [1.29, 1.82) is 0 Å². The number of aromatic nitrogens is 1. The highest BCUT2D eigenvalue weighted by molar-refractivity contribution is 5.86. The van der Waals surface area contributed by atoms with Gasteiger partial charge in [0.25, 0.3) is 0 Å². The molecule has 7 nitrogen and oxygen atoms in total. The zero-order chi connectivity index (χ0) is 21.8. The number of rotatable bonds is 6. The Morgan fingerprint density at radius 3 is 2.58 bits per heavy atom. The van der Waals surface area contributed by atoms with Crippen LogP contribution in [-0.4, -0.2) is 61.1 Å². The number of aromatic amines is 1. The van der Waals surface area contributed by atoms with Gasteiger partial charge in [-0.05, 0) is 42.5 Å². The average molecular weight is 427 g/mol. The molecule has 1 aromatic heterocycles. The summed E-state index contributed by atoms with van der Waals surface area (Å²) in [5.41, 5.74) is 17.4. The van der Waals surface area contributed by atoms with Crippen molar-refractivity contribution in [2.75, 3.05) is 51.8 Å². The molecule has 2 saturated heterocycles. The number of nitrogens with two attached hydrogens (primary N) is 2. The van der Waals surface area contributed by atoms with E-state index in [0.717, 1.165) is 64.5 Å². The molecule has 0 aliphatic carbocycles. The summed E-state index contributed by atoms with van der Waals surface area (Å²) in [5, 5.41) is 10.2. The summed E-state index contributed by atoms with van der Waals surface area (Å²) < 4.78 is 11.1. The van der Waals surface area contributed by atoms with Crippen LogP contribution >= 0.6 is 0 Å². The predicted molar refractivity (Wildman–Crippen MR) is 124 cm³/mol. The number of morpholine rings is 1. The molecule has 31 heavy (non-hydrogen) atoms. The molecule has 6 N–H and O–H groups in total. The van der Waals surface area contributed by atoms with Crippen LogP contribution in [0, 0.1) is 0 Å². The number of ether oxygens (including phenoxy) is 2. The lowest BCUT2D eigenvalue weighted by molar-refractivity contribution is 0.0356. The Morgan fingerprint density at radius 1 is 1.19 bits per heavy atom.